The number of hydrogen-bond donors (Lipinski definition) is 0. The van der Waals surface area contributed by atoms with E-state index < -0.39 is 22.3 Å². The van der Waals surface area contributed by atoms with Crippen molar-refractivity contribution >= 4 is 16.1 Å². The van der Waals surface area contributed by atoms with Crippen LogP contribution >= 0.6 is 0 Å². The maximum atomic E-state index is 12.6. The van der Waals surface area contributed by atoms with E-state index in [0.29, 0.717) is 13.1 Å². The average Bonchev–Trinajstić information content (AvgIpc) is 3.03. The van der Waals surface area contributed by atoms with Gasteiger partial charge in [0.1, 0.15) is 6.04 Å². The summed E-state index contributed by atoms with van der Waals surface area (Å²) < 4.78 is 35.4. The van der Waals surface area contributed by atoms with Gasteiger partial charge in [-0.1, -0.05) is 48.0 Å². The first-order chi connectivity index (χ1) is 12.9. The number of rotatable bonds is 6. The van der Waals surface area contributed by atoms with Gasteiger partial charge >= 0.3 is 5.97 Å². The zero-order valence-corrected chi connectivity index (χ0v) is 16.2. The third-order valence-electron chi connectivity index (χ3n) is 4.64. The van der Waals surface area contributed by atoms with Crippen molar-refractivity contribution in [3.05, 3.63) is 65.7 Å². The minimum absolute atomic E-state index is 0.115. The number of carbonyl (C=O) groups excluding carboxylic acids is 1. The molecule has 2 aromatic carbocycles. The molecule has 0 radical (unpaired) electrons. The molecule has 1 saturated heterocycles. The van der Waals surface area contributed by atoms with Crippen molar-refractivity contribution in [2.24, 2.45) is 0 Å². The van der Waals surface area contributed by atoms with E-state index in [1.807, 2.05) is 42.2 Å². The summed E-state index contributed by atoms with van der Waals surface area (Å²) in [5.74, 6) is -0.384. The van der Waals surface area contributed by atoms with Crippen LogP contribution in [-0.4, -0.2) is 45.1 Å². The highest BCUT2D eigenvalue weighted by Gasteiger charge is 2.40. The molecule has 6 nitrogen and oxygen atoms in total. The van der Waals surface area contributed by atoms with Crippen LogP contribution in [0.25, 0.3) is 0 Å². The molecule has 0 unspecified atom stereocenters. The maximum absolute atomic E-state index is 12.6. The molecule has 0 saturated carbocycles. The number of likely N-dealkylation sites (tertiary alicyclic amines) is 1. The van der Waals surface area contributed by atoms with Gasteiger partial charge in [0.15, 0.2) is 0 Å². The topological polar surface area (TPSA) is 72.9 Å². The predicted octanol–water partition coefficient (Wildman–Crippen LogP) is 2.52. The highest BCUT2D eigenvalue weighted by atomic mass is 32.2. The van der Waals surface area contributed by atoms with E-state index in [9.17, 15) is 13.2 Å². The molecule has 0 aliphatic carbocycles. The second-order valence-electron chi connectivity index (χ2n) is 6.68. The molecular weight excluding hydrogens is 366 g/mol. The number of aryl methyl sites for hydroxylation is 1. The van der Waals surface area contributed by atoms with Crippen molar-refractivity contribution in [2.75, 3.05) is 13.7 Å². The van der Waals surface area contributed by atoms with Crippen molar-refractivity contribution in [2.45, 2.75) is 36.9 Å². The Morgan fingerprint density at radius 1 is 1.11 bits per heavy atom. The van der Waals surface area contributed by atoms with Gasteiger partial charge < -0.3 is 4.74 Å². The fourth-order valence-corrected chi connectivity index (χ4v) is 4.32. The van der Waals surface area contributed by atoms with Gasteiger partial charge in [-0.25, -0.2) is 0 Å². The molecular formula is C20H23NO5S. The summed E-state index contributed by atoms with van der Waals surface area (Å²) >= 11 is 0. The van der Waals surface area contributed by atoms with Gasteiger partial charge in [-0.3, -0.25) is 13.9 Å². The lowest BCUT2D eigenvalue weighted by molar-refractivity contribution is -0.146. The van der Waals surface area contributed by atoms with Gasteiger partial charge in [-0.2, -0.15) is 8.42 Å². The van der Waals surface area contributed by atoms with Crippen molar-refractivity contribution in [3.63, 3.8) is 0 Å². The van der Waals surface area contributed by atoms with E-state index >= 15 is 0 Å². The van der Waals surface area contributed by atoms with Crippen molar-refractivity contribution in [3.8, 4) is 0 Å². The number of carbonyl (C=O) groups is 1. The highest BCUT2D eigenvalue weighted by Crippen LogP contribution is 2.27. The Bertz CT molecular complexity index is 880. The fourth-order valence-electron chi connectivity index (χ4n) is 3.24. The fraction of sp³-hybridized carbons (Fsp3) is 0.350. The number of benzene rings is 2. The van der Waals surface area contributed by atoms with Gasteiger partial charge in [0.2, 0.25) is 0 Å². The lowest BCUT2D eigenvalue weighted by atomic mass is 10.2. The van der Waals surface area contributed by atoms with Gasteiger partial charge in [0, 0.05) is 19.5 Å². The molecule has 1 aliphatic heterocycles. The molecule has 0 amide bonds. The minimum atomic E-state index is -3.89. The summed E-state index contributed by atoms with van der Waals surface area (Å²) in [6.07, 6.45) is -0.339. The lowest BCUT2D eigenvalue weighted by Gasteiger charge is -2.21. The minimum Gasteiger partial charge on any atom is -0.468 e. The van der Waals surface area contributed by atoms with E-state index in [1.54, 1.807) is 12.1 Å². The molecule has 2 aromatic rings. The Morgan fingerprint density at radius 2 is 1.78 bits per heavy atom. The molecule has 7 heteroatoms. The standard InChI is InChI=1S/C20H23NO5S/c1-15-8-10-18(11-9-15)27(23,24)26-17-12-19(20(22)25-2)21(14-17)13-16-6-4-3-5-7-16/h3-11,17,19H,12-14H2,1-2H3/t17-,19+/m1/s1. The van der Waals surface area contributed by atoms with E-state index in [-0.39, 0.29) is 17.3 Å². The van der Waals surface area contributed by atoms with Crippen LogP contribution in [0.15, 0.2) is 59.5 Å². The third kappa shape index (κ3) is 4.74. The zero-order chi connectivity index (χ0) is 19.4. The van der Waals surface area contributed by atoms with Crippen LogP contribution in [0.2, 0.25) is 0 Å². The highest BCUT2D eigenvalue weighted by molar-refractivity contribution is 7.86. The van der Waals surface area contributed by atoms with Crippen LogP contribution in [0.5, 0.6) is 0 Å². The normalized spacial score (nSPS) is 20.5. The zero-order valence-electron chi connectivity index (χ0n) is 15.4. The van der Waals surface area contributed by atoms with Gasteiger partial charge in [0.05, 0.1) is 18.1 Å². The second kappa shape index (κ2) is 8.21. The van der Waals surface area contributed by atoms with E-state index in [4.69, 9.17) is 8.92 Å². The largest absolute Gasteiger partial charge is 0.468 e. The smallest absolute Gasteiger partial charge is 0.323 e. The molecule has 0 aromatic heterocycles. The number of esters is 1. The van der Waals surface area contributed by atoms with Gasteiger partial charge in [-0.15, -0.1) is 0 Å². The van der Waals surface area contributed by atoms with E-state index in [1.165, 1.54) is 19.2 Å². The summed E-state index contributed by atoms with van der Waals surface area (Å²) in [5, 5.41) is 0. The summed E-state index contributed by atoms with van der Waals surface area (Å²) in [5.41, 5.74) is 2.00. The Hall–Kier alpha value is -2.22. The van der Waals surface area contributed by atoms with Gasteiger partial charge in [0.25, 0.3) is 10.1 Å². The van der Waals surface area contributed by atoms with E-state index in [2.05, 4.69) is 0 Å². The molecule has 1 aliphatic rings. The number of nitrogens with zero attached hydrogens (tertiary/aromatic N) is 1. The van der Waals surface area contributed by atoms with Crippen LogP contribution in [0.3, 0.4) is 0 Å². The molecule has 2 atom stereocenters. The summed E-state index contributed by atoms with van der Waals surface area (Å²) in [7, 11) is -2.56. The average molecular weight is 389 g/mol. The van der Waals surface area contributed by atoms with Crippen LogP contribution < -0.4 is 0 Å². The third-order valence-corrected chi connectivity index (χ3v) is 6.01. The van der Waals surface area contributed by atoms with Crippen molar-refractivity contribution < 1.29 is 22.1 Å². The van der Waals surface area contributed by atoms with Crippen molar-refractivity contribution in [1.29, 1.82) is 0 Å². The molecule has 1 fully saturated rings. The van der Waals surface area contributed by atoms with Crippen LogP contribution in [0.1, 0.15) is 17.5 Å². The molecule has 1 heterocycles. The monoisotopic (exact) mass is 389 g/mol. The first-order valence-electron chi connectivity index (χ1n) is 8.75. The van der Waals surface area contributed by atoms with E-state index in [0.717, 1.165) is 11.1 Å². The molecule has 3 rings (SSSR count). The number of methoxy groups -OCH3 is 1. The predicted molar refractivity (Wildman–Crippen MR) is 101 cm³/mol. The lowest BCUT2D eigenvalue weighted by Crippen LogP contribution is -2.36. The Labute approximate surface area is 159 Å². The molecule has 27 heavy (non-hydrogen) atoms. The number of ether oxygens (including phenoxy) is 1. The molecule has 0 N–H and O–H groups in total. The first-order valence-corrected chi connectivity index (χ1v) is 10.2. The Morgan fingerprint density at radius 3 is 2.41 bits per heavy atom. The quantitative estimate of drug-likeness (QED) is 0.558. The maximum Gasteiger partial charge on any atom is 0.323 e. The van der Waals surface area contributed by atoms with Crippen molar-refractivity contribution in [1.82, 2.24) is 4.90 Å². The summed E-state index contributed by atoms with van der Waals surface area (Å²) in [4.78, 5) is 14.2. The SMILES string of the molecule is COC(=O)[C@@H]1C[C@@H](OS(=O)(=O)c2ccc(C)cc2)CN1Cc1ccccc1. The molecule has 144 valence electrons. The second-order valence-corrected chi connectivity index (χ2v) is 8.25. The summed E-state index contributed by atoms with van der Waals surface area (Å²) in [6.45, 7) is 2.74. The van der Waals surface area contributed by atoms with Crippen LogP contribution in [-0.2, 0) is 30.4 Å². The van der Waals surface area contributed by atoms with Crippen LogP contribution in [0, 0.1) is 6.92 Å². The van der Waals surface area contributed by atoms with Gasteiger partial charge in [-0.05, 0) is 24.6 Å². The summed E-state index contributed by atoms with van der Waals surface area (Å²) in [6, 6.07) is 15.7. The Kier molecular flexibility index (Phi) is 5.94. The molecule has 0 spiro atoms. The molecule has 0 bridgehead atoms. The first kappa shape index (κ1) is 19.5. The number of hydrogen-bond acceptors (Lipinski definition) is 6. The Balaban J connectivity index is 1.75. The van der Waals surface area contributed by atoms with Crippen LogP contribution in [0.4, 0.5) is 0 Å².